The number of fused-ring (bicyclic) bond motifs is 1. The number of benzene rings is 3. The third-order valence-electron chi connectivity index (χ3n) is 5.27. The molecule has 3 aromatic rings. The molecule has 0 spiro atoms. The van der Waals surface area contributed by atoms with Gasteiger partial charge >= 0.3 is 5.51 Å². The van der Waals surface area contributed by atoms with Crippen LogP contribution in [0.5, 0.6) is 0 Å². The number of thioether (sulfide) groups is 1. The Bertz CT molecular complexity index is 1050. The van der Waals surface area contributed by atoms with Crippen molar-refractivity contribution >= 4 is 17.7 Å². The highest BCUT2D eigenvalue weighted by atomic mass is 32.2. The minimum atomic E-state index is -4.35. The van der Waals surface area contributed by atoms with Crippen molar-refractivity contribution in [3.8, 4) is 0 Å². The van der Waals surface area contributed by atoms with E-state index in [-0.39, 0.29) is 28.6 Å². The van der Waals surface area contributed by atoms with Crippen LogP contribution in [0.4, 0.5) is 13.2 Å². The van der Waals surface area contributed by atoms with Crippen molar-refractivity contribution in [3.05, 3.63) is 101 Å². The number of rotatable bonds is 3. The first-order valence-corrected chi connectivity index (χ1v) is 10.4. The van der Waals surface area contributed by atoms with Gasteiger partial charge in [0.15, 0.2) is 0 Å². The van der Waals surface area contributed by atoms with Crippen LogP contribution in [0.2, 0.25) is 0 Å². The molecule has 1 amide bonds. The van der Waals surface area contributed by atoms with Crippen LogP contribution in [0.25, 0.3) is 0 Å². The molecule has 0 aliphatic carbocycles. The molecule has 4 rings (SSSR count). The van der Waals surface area contributed by atoms with E-state index in [2.05, 4.69) is 6.07 Å². The Morgan fingerprint density at radius 1 is 0.967 bits per heavy atom. The molecule has 0 N–H and O–H groups in total. The number of amides is 1. The standard InChI is InChI=1S/C24H20F3NOS/c1-16-6-8-18(9-7-16)22-21-5-3-2-4-17(21)14-15-28(22)23(29)19-10-12-20(13-11-19)30-24(25,26)27/h2-13,22H,14-15H2,1H3. The molecule has 0 saturated heterocycles. The summed E-state index contributed by atoms with van der Waals surface area (Å²) in [7, 11) is 0. The molecule has 0 bridgehead atoms. The normalized spacial score (nSPS) is 16.3. The number of nitrogens with zero attached hydrogens (tertiary/aromatic N) is 1. The first kappa shape index (κ1) is 20.5. The minimum Gasteiger partial charge on any atom is -0.327 e. The number of aryl methyl sites for hydroxylation is 1. The number of halogens is 3. The van der Waals surface area contributed by atoms with Gasteiger partial charge in [-0.05, 0) is 66.1 Å². The van der Waals surface area contributed by atoms with E-state index in [1.54, 1.807) is 0 Å². The van der Waals surface area contributed by atoms with Crippen molar-refractivity contribution in [1.82, 2.24) is 4.90 Å². The SMILES string of the molecule is Cc1ccc(C2c3ccccc3CCN2C(=O)c2ccc(SC(F)(F)F)cc2)cc1. The fourth-order valence-electron chi connectivity index (χ4n) is 3.86. The molecule has 0 radical (unpaired) electrons. The van der Waals surface area contributed by atoms with Gasteiger partial charge in [0, 0.05) is 17.0 Å². The van der Waals surface area contributed by atoms with E-state index in [0.29, 0.717) is 12.1 Å². The van der Waals surface area contributed by atoms with Gasteiger partial charge in [0.05, 0.1) is 6.04 Å². The van der Waals surface area contributed by atoms with Crippen molar-refractivity contribution in [2.75, 3.05) is 6.54 Å². The fraction of sp³-hybridized carbons (Fsp3) is 0.208. The van der Waals surface area contributed by atoms with Crippen LogP contribution in [-0.2, 0) is 6.42 Å². The largest absolute Gasteiger partial charge is 0.446 e. The molecule has 154 valence electrons. The lowest BCUT2D eigenvalue weighted by Gasteiger charge is -2.38. The van der Waals surface area contributed by atoms with Crippen LogP contribution in [0.1, 0.15) is 38.7 Å². The van der Waals surface area contributed by atoms with E-state index < -0.39 is 5.51 Å². The Kier molecular flexibility index (Phi) is 5.60. The Hall–Kier alpha value is -2.73. The summed E-state index contributed by atoms with van der Waals surface area (Å²) >= 11 is -0.179. The lowest BCUT2D eigenvalue weighted by Crippen LogP contribution is -2.40. The van der Waals surface area contributed by atoms with Gasteiger partial charge in [-0.2, -0.15) is 13.2 Å². The molecule has 0 fully saturated rings. The summed E-state index contributed by atoms with van der Waals surface area (Å²) in [5.74, 6) is -0.182. The molecule has 0 saturated carbocycles. The monoisotopic (exact) mass is 427 g/mol. The molecule has 0 aromatic heterocycles. The second-order valence-electron chi connectivity index (χ2n) is 7.33. The highest BCUT2D eigenvalue weighted by Crippen LogP contribution is 2.38. The summed E-state index contributed by atoms with van der Waals surface area (Å²) < 4.78 is 37.8. The third-order valence-corrected chi connectivity index (χ3v) is 6.01. The zero-order chi connectivity index (χ0) is 21.3. The molecule has 1 aliphatic heterocycles. The molecular formula is C24H20F3NOS. The summed E-state index contributed by atoms with van der Waals surface area (Å²) in [4.78, 5) is 15.2. The average Bonchev–Trinajstić information content (AvgIpc) is 2.72. The van der Waals surface area contributed by atoms with Gasteiger partial charge in [-0.25, -0.2) is 0 Å². The minimum absolute atomic E-state index is 0.0677. The topological polar surface area (TPSA) is 20.3 Å². The van der Waals surface area contributed by atoms with E-state index in [1.165, 1.54) is 29.8 Å². The van der Waals surface area contributed by atoms with Gasteiger partial charge in [0.1, 0.15) is 0 Å². The van der Waals surface area contributed by atoms with Crippen molar-refractivity contribution in [2.24, 2.45) is 0 Å². The van der Waals surface area contributed by atoms with Gasteiger partial charge in [0.2, 0.25) is 0 Å². The number of alkyl halides is 3. The number of carbonyl (C=O) groups is 1. The van der Waals surface area contributed by atoms with Gasteiger partial charge in [-0.1, -0.05) is 54.1 Å². The highest BCUT2D eigenvalue weighted by molar-refractivity contribution is 8.00. The van der Waals surface area contributed by atoms with Crippen LogP contribution in [-0.4, -0.2) is 22.9 Å². The van der Waals surface area contributed by atoms with Crippen LogP contribution < -0.4 is 0 Å². The van der Waals surface area contributed by atoms with Crippen LogP contribution in [0, 0.1) is 6.92 Å². The fourth-order valence-corrected chi connectivity index (χ4v) is 4.40. The summed E-state index contributed by atoms with van der Waals surface area (Å²) in [6.45, 7) is 2.56. The van der Waals surface area contributed by atoms with Crippen LogP contribution >= 0.6 is 11.8 Å². The van der Waals surface area contributed by atoms with E-state index in [4.69, 9.17) is 0 Å². The first-order chi connectivity index (χ1) is 14.3. The van der Waals surface area contributed by atoms with E-state index in [9.17, 15) is 18.0 Å². The molecule has 1 heterocycles. The predicted molar refractivity (Wildman–Crippen MR) is 113 cm³/mol. The molecular weight excluding hydrogens is 407 g/mol. The molecule has 2 nitrogen and oxygen atoms in total. The summed E-state index contributed by atoms with van der Waals surface area (Å²) in [6, 6.07) is 21.6. The second kappa shape index (κ2) is 8.19. The average molecular weight is 427 g/mol. The Morgan fingerprint density at radius 3 is 2.30 bits per heavy atom. The summed E-state index contributed by atoms with van der Waals surface area (Å²) in [6.07, 6.45) is 0.742. The second-order valence-corrected chi connectivity index (χ2v) is 8.47. The molecule has 30 heavy (non-hydrogen) atoms. The molecule has 1 atom stereocenters. The van der Waals surface area contributed by atoms with Gasteiger partial charge in [-0.15, -0.1) is 0 Å². The molecule has 6 heteroatoms. The van der Waals surface area contributed by atoms with Gasteiger partial charge in [0.25, 0.3) is 5.91 Å². The number of hydrogen-bond acceptors (Lipinski definition) is 2. The Morgan fingerprint density at radius 2 is 1.63 bits per heavy atom. The van der Waals surface area contributed by atoms with Crippen LogP contribution in [0.3, 0.4) is 0 Å². The zero-order valence-electron chi connectivity index (χ0n) is 16.3. The van der Waals surface area contributed by atoms with E-state index in [1.807, 2.05) is 54.3 Å². The Labute approximate surface area is 177 Å². The maximum Gasteiger partial charge on any atom is 0.446 e. The van der Waals surface area contributed by atoms with Gasteiger partial charge in [-0.3, -0.25) is 4.79 Å². The highest BCUT2D eigenvalue weighted by Gasteiger charge is 2.33. The quantitative estimate of drug-likeness (QED) is 0.451. The van der Waals surface area contributed by atoms with Crippen molar-refractivity contribution < 1.29 is 18.0 Å². The predicted octanol–water partition coefficient (Wildman–Crippen LogP) is 6.39. The van der Waals surface area contributed by atoms with E-state index >= 15 is 0 Å². The van der Waals surface area contributed by atoms with E-state index in [0.717, 1.165) is 23.1 Å². The van der Waals surface area contributed by atoms with Gasteiger partial charge < -0.3 is 4.90 Å². The number of hydrogen-bond donors (Lipinski definition) is 0. The molecule has 3 aromatic carbocycles. The maximum absolute atomic E-state index is 13.4. The molecule has 1 unspecified atom stereocenters. The summed E-state index contributed by atoms with van der Waals surface area (Å²) in [5, 5.41) is 0. The number of carbonyl (C=O) groups excluding carboxylic acids is 1. The van der Waals surface area contributed by atoms with Crippen LogP contribution in [0.15, 0.2) is 77.7 Å². The maximum atomic E-state index is 13.4. The van der Waals surface area contributed by atoms with Crippen molar-refractivity contribution in [2.45, 2.75) is 29.8 Å². The smallest absolute Gasteiger partial charge is 0.327 e. The lowest BCUT2D eigenvalue weighted by atomic mass is 9.87. The molecule has 1 aliphatic rings. The first-order valence-electron chi connectivity index (χ1n) is 9.63. The Balaban J connectivity index is 1.68. The third kappa shape index (κ3) is 4.38. The van der Waals surface area contributed by atoms with Crippen molar-refractivity contribution in [3.63, 3.8) is 0 Å². The van der Waals surface area contributed by atoms with Crippen molar-refractivity contribution in [1.29, 1.82) is 0 Å². The summed E-state index contributed by atoms with van der Waals surface area (Å²) in [5.41, 5.74) is 0.495. The zero-order valence-corrected chi connectivity index (χ0v) is 17.1. The lowest BCUT2D eigenvalue weighted by molar-refractivity contribution is -0.0328.